The average Bonchev–Trinajstić information content (AvgIpc) is 2.12. The molecule has 0 heterocycles. The fourth-order valence-electron chi connectivity index (χ4n) is 3.16. The standard InChI is InChI=1S/C15H28O3/c1-11(18-15(4,5)10-13(16)17)12-7-6-8-14(2,3)9-12/h11-12H,6-10H2,1-5H3,(H,16,17). The van der Waals surface area contributed by atoms with E-state index in [4.69, 9.17) is 9.84 Å². The van der Waals surface area contributed by atoms with E-state index in [0.717, 1.165) is 0 Å². The van der Waals surface area contributed by atoms with Gasteiger partial charge in [0.05, 0.1) is 18.1 Å². The minimum atomic E-state index is -0.795. The Morgan fingerprint density at radius 2 is 2.11 bits per heavy atom. The zero-order valence-electron chi connectivity index (χ0n) is 12.5. The Labute approximate surface area is 111 Å². The fraction of sp³-hybridized carbons (Fsp3) is 0.933. The molecule has 1 aliphatic rings. The molecule has 1 saturated carbocycles. The van der Waals surface area contributed by atoms with Crippen molar-refractivity contribution >= 4 is 5.97 Å². The molecule has 106 valence electrons. The van der Waals surface area contributed by atoms with Gasteiger partial charge in [0.25, 0.3) is 0 Å². The molecule has 3 heteroatoms. The molecule has 0 spiro atoms. The minimum absolute atomic E-state index is 0.0629. The molecular weight excluding hydrogens is 228 g/mol. The van der Waals surface area contributed by atoms with Crippen LogP contribution in [0.15, 0.2) is 0 Å². The Hall–Kier alpha value is -0.570. The molecule has 1 fully saturated rings. The molecule has 0 bridgehead atoms. The maximum atomic E-state index is 10.8. The lowest BCUT2D eigenvalue weighted by atomic mass is 9.70. The third-order valence-corrected chi connectivity index (χ3v) is 3.99. The van der Waals surface area contributed by atoms with Gasteiger partial charge in [-0.05, 0) is 51.4 Å². The monoisotopic (exact) mass is 256 g/mol. The summed E-state index contributed by atoms with van der Waals surface area (Å²) in [5.74, 6) is -0.238. The lowest BCUT2D eigenvalue weighted by Gasteiger charge is -2.40. The molecule has 3 nitrogen and oxygen atoms in total. The maximum Gasteiger partial charge on any atom is 0.306 e. The van der Waals surface area contributed by atoms with Crippen molar-refractivity contribution in [2.45, 2.75) is 78.4 Å². The Morgan fingerprint density at radius 3 is 2.61 bits per heavy atom. The zero-order valence-corrected chi connectivity index (χ0v) is 12.5. The van der Waals surface area contributed by atoms with Gasteiger partial charge in [0.2, 0.25) is 0 Å². The van der Waals surface area contributed by atoms with Crippen LogP contribution in [0.2, 0.25) is 0 Å². The lowest BCUT2D eigenvalue weighted by molar-refractivity contribution is -0.150. The highest BCUT2D eigenvalue weighted by molar-refractivity contribution is 5.67. The number of aliphatic carboxylic acids is 1. The molecule has 0 aromatic heterocycles. The summed E-state index contributed by atoms with van der Waals surface area (Å²) in [6, 6.07) is 0. The third-order valence-electron chi connectivity index (χ3n) is 3.99. The highest BCUT2D eigenvalue weighted by atomic mass is 16.5. The van der Waals surface area contributed by atoms with Crippen molar-refractivity contribution in [1.82, 2.24) is 0 Å². The molecule has 1 N–H and O–H groups in total. The van der Waals surface area contributed by atoms with Crippen molar-refractivity contribution in [1.29, 1.82) is 0 Å². The number of hydrogen-bond donors (Lipinski definition) is 1. The van der Waals surface area contributed by atoms with Gasteiger partial charge in [-0.2, -0.15) is 0 Å². The second-order valence-electron chi connectivity index (χ2n) is 7.17. The van der Waals surface area contributed by atoms with E-state index in [2.05, 4.69) is 20.8 Å². The number of hydrogen-bond acceptors (Lipinski definition) is 2. The molecule has 0 aromatic rings. The van der Waals surface area contributed by atoms with E-state index in [1.165, 1.54) is 25.7 Å². The summed E-state index contributed by atoms with van der Waals surface area (Å²) in [7, 11) is 0. The molecule has 0 saturated heterocycles. The second kappa shape index (κ2) is 5.60. The molecule has 0 amide bonds. The first-order valence-corrected chi connectivity index (χ1v) is 7.01. The molecular formula is C15H28O3. The van der Waals surface area contributed by atoms with Gasteiger partial charge >= 0.3 is 5.97 Å². The summed E-state index contributed by atoms with van der Waals surface area (Å²) < 4.78 is 6.00. The van der Waals surface area contributed by atoms with E-state index in [0.29, 0.717) is 11.3 Å². The highest BCUT2D eigenvalue weighted by Crippen LogP contribution is 2.41. The Morgan fingerprint density at radius 1 is 1.50 bits per heavy atom. The van der Waals surface area contributed by atoms with Gasteiger partial charge < -0.3 is 9.84 Å². The van der Waals surface area contributed by atoms with Crippen LogP contribution in [0.4, 0.5) is 0 Å². The number of carboxylic acids is 1. The first-order chi connectivity index (χ1) is 8.11. The summed E-state index contributed by atoms with van der Waals surface area (Å²) >= 11 is 0. The quantitative estimate of drug-likeness (QED) is 0.812. The summed E-state index contributed by atoms with van der Waals surface area (Å²) in [5.41, 5.74) is -0.176. The topological polar surface area (TPSA) is 46.5 Å². The van der Waals surface area contributed by atoms with Crippen LogP contribution in [-0.2, 0) is 9.53 Å². The largest absolute Gasteiger partial charge is 0.481 e. The van der Waals surface area contributed by atoms with Gasteiger partial charge in [-0.25, -0.2) is 0 Å². The minimum Gasteiger partial charge on any atom is -0.481 e. The Balaban J connectivity index is 2.54. The molecule has 2 atom stereocenters. The van der Waals surface area contributed by atoms with E-state index in [1.54, 1.807) is 0 Å². The van der Waals surface area contributed by atoms with E-state index in [1.807, 2.05) is 13.8 Å². The lowest BCUT2D eigenvalue weighted by Crippen LogP contribution is -2.38. The van der Waals surface area contributed by atoms with Gasteiger partial charge in [-0.15, -0.1) is 0 Å². The number of carbonyl (C=O) groups is 1. The normalized spacial score (nSPS) is 25.7. The van der Waals surface area contributed by atoms with Gasteiger partial charge in [-0.1, -0.05) is 20.3 Å². The first kappa shape index (κ1) is 15.5. The molecule has 0 radical (unpaired) electrons. The summed E-state index contributed by atoms with van der Waals surface area (Å²) in [6.45, 7) is 10.5. The summed E-state index contributed by atoms with van der Waals surface area (Å²) in [6.07, 6.45) is 5.12. The van der Waals surface area contributed by atoms with Crippen molar-refractivity contribution in [3.8, 4) is 0 Å². The van der Waals surface area contributed by atoms with Crippen molar-refractivity contribution in [3.05, 3.63) is 0 Å². The van der Waals surface area contributed by atoms with Crippen molar-refractivity contribution < 1.29 is 14.6 Å². The smallest absolute Gasteiger partial charge is 0.306 e. The molecule has 0 aliphatic heterocycles. The van der Waals surface area contributed by atoms with Crippen LogP contribution in [0.3, 0.4) is 0 Å². The summed E-state index contributed by atoms with van der Waals surface area (Å²) in [5, 5.41) is 8.88. The molecule has 0 aromatic carbocycles. The van der Waals surface area contributed by atoms with Gasteiger partial charge in [0, 0.05) is 0 Å². The molecule has 18 heavy (non-hydrogen) atoms. The van der Waals surface area contributed by atoms with Crippen LogP contribution in [-0.4, -0.2) is 22.8 Å². The van der Waals surface area contributed by atoms with Crippen LogP contribution < -0.4 is 0 Å². The van der Waals surface area contributed by atoms with E-state index >= 15 is 0 Å². The molecule has 1 rings (SSSR count). The number of carboxylic acid groups (broad SMARTS) is 1. The Bertz CT molecular complexity index is 294. The molecule has 2 unspecified atom stereocenters. The van der Waals surface area contributed by atoms with E-state index in [-0.39, 0.29) is 12.5 Å². The highest BCUT2D eigenvalue weighted by Gasteiger charge is 2.34. The van der Waals surface area contributed by atoms with Gasteiger partial charge in [0.1, 0.15) is 0 Å². The first-order valence-electron chi connectivity index (χ1n) is 7.01. The van der Waals surface area contributed by atoms with Crippen molar-refractivity contribution in [2.75, 3.05) is 0 Å². The third kappa shape index (κ3) is 4.97. The summed E-state index contributed by atoms with van der Waals surface area (Å²) in [4.78, 5) is 10.8. The maximum absolute atomic E-state index is 10.8. The predicted octanol–water partition coefficient (Wildman–Crippen LogP) is 3.86. The van der Waals surface area contributed by atoms with Crippen LogP contribution in [0.5, 0.6) is 0 Å². The van der Waals surface area contributed by atoms with Crippen LogP contribution in [0.1, 0.15) is 66.7 Å². The van der Waals surface area contributed by atoms with Crippen molar-refractivity contribution in [2.24, 2.45) is 11.3 Å². The SMILES string of the molecule is CC(OC(C)(C)CC(=O)O)C1CCCC(C)(C)C1. The van der Waals surface area contributed by atoms with Crippen molar-refractivity contribution in [3.63, 3.8) is 0 Å². The van der Waals surface area contributed by atoms with Gasteiger partial charge in [0.15, 0.2) is 0 Å². The second-order valence-corrected chi connectivity index (χ2v) is 7.17. The average molecular weight is 256 g/mol. The Kier molecular flexibility index (Phi) is 4.82. The van der Waals surface area contributed by atoms with Crippen LogP contribution >= 0.6 is 0 Å². The molecule has 1 aliphatic carbocycles. The van der Waals surface area contributed by atoms with Crippen LogP contribution in [0.25, 0.3) is 0 Å². The van der Waals surface area contributed by atoms with E-state index in [9.17, 15) is 4.79 Å². The number of ether oxygens (including phenoxy) is 1. The predicted molar refractivity (Wildman–Crippen MR) is 72.6 cm³/mol. The fourth-order valence-corrected chi connectivity index (χ4v) is 3.16. The zero-order chi connectivity index (χ0) is 14.0. The van der Waals surface area contributed by atoms with Crippen LogP contribution in [0, 0.1) is 11.3 Å². The van der Waals surface area contributed by atoms with Gasteiger partial charge in [-0.3, -0.25) is 4.79 Å². The van der Waals surface area contributed by atoms with E-state index < -0.39 is 11.6 Å². The number of rotatable bonds is 5.